The van der Waals surface area contributed by atoms with E-state index >= 15 is 0 Å². The maximum absolute atomic E-state index is 11.6. The van der Waals surface area contributed by atoms with Gasteiger partial charge < -0.3 is 19.8 Å². The molecule has 0 unspecified atom stereocenters. The lowest BCUT2D eigenvalue weighted by atomic mass is 9.80. The fourth-order valence-electron chi connectivity index (χ4n) is 5.49. The number of hydrogen-bond donors (Lipinski definition) is 2. The molecule has 154 valence electrons. The highest BCUT2D eigenvalue weighted by atomic mass is 16.5. The van der Waals surface area contributed by atoms with Crippen LogP contribution >= 0.6 is 0 Å². The number of aliphatic hydroxyl groups excluding tert-OH is 1. The average Bonchev–Trinajstić information content (AvgIpc) is 3.04. The van der Waals surface area contributed by atoms with Crippen LogP contribution in [0.3, 0.4) is 0 Å². The monoisotopic (exact) mass is 395 g/mol. The lowest BCUT2D eigenvalue weighted by molar-refractivity contribution is -0.173. The standard InChI is InChI=1S/C23H29N3O3/c27-19-14-18-15-20(17-6-2-1-3-7-17)29-16-23(18,28)22(19)26-12-10-25(11-13-26)21-8-4-5-9-24-21/h1-9,18-20,22,27-28H,10-16H2/t18-,19-,20-,22+,23+/m1/s1. The van der Waals surface area contributed by atoms with E-state index in [1.807, 2.05) is 42.6 Å². The van der Waals surface area contributed by atoms with Crippen molar-refractivity contribution >= 4 is 5.82 Å². The second-order valence-electron chi connectivity index (χ2n) is 8.59. The van der Waals surface area contributed by atoms with Crippen LogP contribution in [0.2, 0.25) is 0 Å². The first-order valence-corrected chi connectivity index (χ1v) is 10.6. The van der Waals surface area contributed by atoms with Crippen molar-refractivity contribution < 1.29 is 14.9 Å². The highest BCUT2D eigenvalue weighted by Gasteiger charge is 2.58. The zero-order valence-electron chi connectivity index (χ0n) is 16.6. The molecule has 6 nitrogen and oxygen atoms in total. The third kappa shape index (κ3) is 3.44. The van der Waals surface area contributed by atoms with Gasteiger partial charge in [0.25, 0.3) is 0 Å². The predicted molar refractivity (Wildman–Crippen MR) is 111 cm³/mol. The Morgan fingerprint density at radius 3 is 2.45 bits per heavy atom. The number of pyridine rings is 1. The van der Waals surface area contributed by atoms with E-state index in [0.717, 1.165) is 44.0 Å². The molecule has 1 saturated carbocycles. The Balaban J connectivity index is 1.27. The molecule has 5 rings (SSSR count). The number of nitrogens with zero attached hydrogens (tertiary/aromatic N) is 3. The number of aliphatic hydroxyl groups is 2. The van der Waals surface area contributed by atoms with Crippen LogP contribution in [-0.2, 0) is 4.74 Å². The van der Waals surface area contributed by atoms with E-state index in [2.05, 4.69) is 26.9 Å². The molecule has 3 fully saturated rings. The second kappa shape index (κ2) is 7.69. The van der Waals surface area contributed by atoms with Crippen LogP contribution in [0.1, 0.15) is 24.5 Å². The summed E-state index contributed by atoms with van der Waals surface area (Å²) >= 11 is 0. The first kappa shape index (κ1) is 19.0. The summed E-state index contributed by atoms with van der Waals surface area (Å²) in [5, 5.41) is 22.5. The van der Waals surface area contributed by atoms with Gasteiger partial charge in [0.05, 0.1) is 24.9 Å². The van der Waals surface area contributed by atoms with Crippen LogP contribution in [0.25, 0.3) is 0 Å². The van der Waals surface area contributed by atoms with Crippen molar-refractivity contribution in [2.45, 2.75) is 36.7 Å². The Bertz CT molecular complexity index is 813. The zero-order valence-corrected chi connectivity index (χ0v) is 16.6. The van der Waals surface area contributed by atoms with Gasteiger partial charge in [-0.25, -0.2) is 4.98 Å². The highest BCUT2D eigenvalue weighted by molar-refractivity contribution is 5.38. The minimum atomic E-state index is -0.988. The predicted octanol–water partition coefficient (Wildman–Crippen LogP) is 1.85. The van der Waals surface area contributed by atoms with E-state index in [9.17, 15) is 10.2 Å². The van der Waals surface area contributed by atoms with Gasteiger partial charge >= 0.3 is 0 Å². The number of fused-ring (bicyclic) bond motifs is 1. The molecule has 2 aliphatic heterocycles. The molecule has 0 bridgehead atoms. The smallest absolute Gasteiger partial charge is 0.128 e. The second-order valence-corrected chi connectivity index (χ2v) is 8.59. The summed E-state index contributed by atoms with van der Waals surface area (Å²) in [5.41, 5.74) is 0.161. The van der Waals surface area contributed by atoms with Crippen molar-refractivity contribution in [3.8, 4) is 0 Å². The van der Waals surface area contributed by atoms with Gasteiger partial charge in [-0.1, -0.05) is 36.4 Å². The van der Waals surface area contributed by atoms with Crippen LogP contribution in [0, 0.1) is 5.92 Å². The summed E-state index contributed by atoms with van der Waals surface area (Å²) in [6.45, 7) is 3.56. The van der Waals surface area contributed by atoms with Crippen LogP contribution in [0.5, 0.6) is 0 Å². The molecular formula is C23H29N3O3. The number of benzene rings is 1. The van der Waals surface area contributed by atoms with E-state index in [1.165, 1.54) is 0 Å². The number of piperazine rings is 1. The van der Waals surface area contributed by atoms with Crippen molar-refractivity contribution in [2.24, 2.45) is 5.92 Å². The number of rotatable bonds is 3. The maximum atomic E-state index is 11.6. The van der Waals surface area contributed by atoms with Crippen molar-refractivity contribution in [1.29, 1.82) is 0 Å². The summed E-state index contributed by atoms with van der Waals surface area (Å²) in [7, 11) is 0. The van der Waals surface area contributed by atoms with Crippen LogP contribution in [0.4, 0.5) is 5.82 Å². The van der Waals surface area contributed by atoms with Crippen molar-refractivity contribution in [1.82, 2.24) is 9.88 Å². The molecule has 2 saturated heterocycles. The summed E-state index contributed by atoms with van der Waals surface area (Å²) in [5.74, 6) is 1.04. The summed E-state index contributed by atoms with van der Waals surface area (Å²) in [6, 6.07) is 15.9. The lowest BCUT2D eigenvalue weighted by Crippen LogP contribution is -2.63. The third-order valence-electron chi connectivity index (χ3n) is 6.98. The normalized spacial score (nSPS) is 35.4. The summed E-state index contributed by atoms with van der Waals surface area (Å²) in [6.07, 6.45) is 2.67. The van der Waals surface area contributed by atoms with Crippen molar-refractivity contribution in [3.63, 3.8) is 0 Å². The summed E-state index contributed by atoms with van der Waals surface area (Å²) in [4.78, 5) is 8.97. The molecule has 0 spiro atoms. The van der Waals surface area contributed by atoms with Crippen LogP contribution < -0.4 is 4.90 Å². The van der Waals surface area contributed by atoms with E-state index < -0.39 is 11.7 Å². The molecule has 5 atom stereocenters. The van der Waals surface area contributed by atoms with Gasteiger partial charge in [-0.05, 0) is 36.5 Å². The van der Waals surface area contributed by atoms with Crippen LogP contribution in [0.15, 0.2) is 54.7 Å². The quantitative estimate of drug-likeness (QED) is 0.827. The topological polar surface area (TPSA) is 69.1 Å². The Kier molecular flexibility index (Phi) is 5.04. The first-order valence-electron chi connectivity index (χ1n) is 10.6. The molecule has 0 radical (unpaired) electrons. The van der Waals surface area contributed by atoms with Gasteiger partial charge in [0.1, 0.15) is 11.4 Å². The maximum Gasteiger partial charge on any atom is 0.128 e. The SMILES string of the molecule is O[C@@H]1C[C@@H]2C[C@H](c3ccccc3)OC[C@@]2(O)[C@H]1N1CCN(c2ccccn2)CC1. The molecule has 0 amide bonds. The lowest BCUT2D eigenvalue weighted by Gasteiger charge is -2.47. The third-order valence-corrected chi connectivity index (χ3v) is 6.98. The minimum absolute atomic E-state index is 0.00609. The van der Waals surface area contributed by atoms with Crippen molar-refractivity contribution in [3.05, 3.63) is 60.3 Å². The fraction of sp³-hybridized carbons (Fsp3) is 0.522. The molecule has 3 heterocycles. The van der Waals surface area contributed by atoms with E-state index in [0.29, 0.717) is 6.42 Å². The minimum Gasteiger partial charge on any atom is -0.391 e. The van der Waals surface area contributed by atoms with E-state index in [-0.39, 0.29) is 24.7 Å². The molecule has 1 aromatic heterocycles. The number of aromatic nitrogens is 1. The Labute approximate surface area is 171 Å². The molecule has 1 aromatic carbocycles. The molecule has 3 aliphatic rings. The van der Waals surface area contributed by atoms with E-state index in [4.69, 9.17) is 4.74 Å². The Morgan fingerprint density at radius 2 is 1.72 bits per heavy atom. The van der Waals surface area contributed by atoms with Gasteiger partial charge in [-0.3, -0.25) is 4.90 Å². The average molecular weight is 396 g/mol. The fourth-order valence-corrected chi connectivity index (χ4v) is 5.49. The van der Waals surface area contributed by atoms with Gasteiger partial charge in [-0.15, -0.1) is 0 Å². The van der Waals surface area contributed by atoms with Crippen LogP contribution in [-0.4, -0.2) is 70.6 Å². The van der Waals surface area contributed by atoms with E-state index in [1.54, 1.807) is 0 Å². The Hall–Kier alpha value is -1.99. The molecule has 2 aromatic rings. The molecule has 2 N–H and O–H groups in total. The Morgan fingerprint density at radius 1 is 0.966 bits per heavy atom. The number of anilines is 1. The number of hydrogen-bond acceptors (Lipinski definition) is 6. The molecule has 1 aliphatic carbocycles. The molecular weight excluding hydrogens is 366 g/mol. The summed E-state index contributed by atoms with van der Waals surface area (Å²) < 4.78 is 6.13. The van der Waals surface area contributed by atoms with Gasteiger partial charge in [0.2, 0.25) is 0 Å². The first-order chi connectivity index (χ1) is 14.1. The van der Waals surface area contributed by atoms with Gasteiger partial charge in [0, 0.05) is 32.4 Å². The zero-order chi connectivity index (χ0) is 19.8. The molecule has 6 heteroatoms. The number of ether oxygens (including phenoxy) is 1. The van der Waals surface area contributed by atoms with Crippen molar-refractivity contribution in [2.75, 3.05) is 37.7 Å². The molecule has 29 heavy (non-hydrogen) atoms. The van der Waals surface area contributed by atoms with Gasteiger partial charge in [-0.2, -0.15) is 0 Å². The van der Waals surface area contributed by atoms with Gasteiger partial charge in [0.15, 0.2) is 0 Å². The largest absolute Gasteiger partial charge is 0.391 e. The highest BCUT2D eigenvalue weighted by Crippen LogP contribution is 2.48.